The largest absolute Gasteiger partial charge is 0.384 e. The van der Waals surface area contributed by atoms with E-state index in [-0.39, 0.29) is 5.41 Å². The third kappa shape index (κ3) is 5.35. The van der Waals surface area contributed by atoms with E-state index >= 15 is 0 Å². The van der Waals surface area contributed by atoms with Crippen LogP contribution < -0.4 is 0 Å². The lowest BCUT2D eigenvalue weighted by Gasteiger charge is -2.25. The van der Waals surface area contributed by atoms with Crippen LogP contribution in [0.15, 0.2) is 48.3 Å². The van der Waals surface area contributed by atoms with Crippen molar-refractivity contribution in [3.05, 3.63) is 69.5 Å². The summed E-state index contributed by atoms with van der Waals surface area (Å²) in [5.41, 5.74) is 2.55. The molecule has 0 fully saturated rings. The van der Waals surface area contributed by atoms with E-state index in [1.807, 2.05) is 18.2 Å². The fourth-order valence-corrected chi connectivity index (χ4v) is 2.95. The van der Waals surface area contributed by atoms with Crippen LogP contribution in [0.5, 0.6) is 0 Å². The number of benzene rings is 1. The van der Waals surface area contributed by atoms with Crippen LogP contribution in [-0.4, -0.2) is 10.1 Å². The standard InChI is InChI=1S/C19H21Cl2NO/c1-19(2,3)11-14(9-13-5-4-8-22-12-13)18(23)16-7-6-15(20)10-17(16)21/h4-10,12,18,23H,11H2,1-3H3. The van der Waals surface area contributed by atoms with Gasteiger partial charge in [-0.2, -0.15) is 0 Å². The van der Waals surface area contributed by atoms with E-state index in [0.717, 1.165) is 17.6 Å². The highest BCUT2D eigenvalue weighted by Gasteiger charge is 2.22. The van der Waals surface area contributed by atoms with Crippen molar-refractivity contribution in [2.75, 3.05) is 0 Å². The summed E-state index contributed by atoms with van der Waals surface area (Å²) < 4.78 is 0. The molecule has 0 aliphatic heterocycles. The Kier molecular flexibility index (Phi) is 5.85. The van der Waals surface area contributed by atoms with Crippen LogP contribution in [0.1, 0.15) is 44.4 Å². The topological polar surface area (TPSA) is 33.1 Å². The summed E-state index contributed by atoms with van der Waals surface area (Å²) in [6.07, 6.45) is 5.45. The number of aromatic nitrogens is 1. The Labute approximate surface area is 147 Å². The predicted octanol–water partition coefficient (Wildman–Crippen LogP) is 5.94. The first-order valence-electron chi connectivity index (χ1n) is 7.50. The monoisotopic (exact) mass is 349 g/mol. The van der Waals surface area contributed by atoms with Crippen LogP contribution in [-0.2, 0) is 0 Å². The van der Waals surface area contributed by atoms with Gasteiger partial charge in [-0.15, -0.1) is 0 Å². The minimum Gasteiger partial charge on any atom is -0.384 e. The Bertz CT molecular complexity index is 690. The summed E-state index contributed by atoms with van der Waals surface area (Å²) in [6.45, 7) is 6.42. The van der Waals surface area contributed by atoms with Crippen molar-refractivity contribution in [1.29, 1.82) is 0 Å². The summed E-state index contributed by atoms with van der Waals surface area (Å²) in [7, 11) is 0. The first-order chi connectivity index (χ1) is 10.8. The third-order valence-electron chi connectivity index (χ3n) is 3.38. The van der Waals surface area contributed by atoms with E-state index in [1.165, 1.54) is 0 Å². The van der Waals surface area contributed by atoms with E-state index in [9.17, 15) is 5.11 Å². The molecule has 122 valence electrons. The molecule has 4 heteroatoms. The van der Waals surface area contributed by atoms with Gasteiger partial charge in [-0.25, -0.2) is 0 Å². The Morgan fingerprint density at radius 3 is 2.57 bits per heavy atom. The lowest BCUT2D eigenvalue weighted by molar-refractivity contribution is 0.202. The number of hydrogen-bond acceptors (Lipinski definition) is 2. The molecule has 0 saturated carbocycles. The summed E-state index contributed by atoms with van der Waals surface area (Å²) in [6, 6.07) is 9.01. The molecule has 0 aliphatic rings. The van der Waals surface area contributed by atoms with E-state index in [2.05, 4.69) is 25.8 Å². The van der Waals surface area contributed by atoms with Crippen molar-refractivity contribution in [2.24, 2.45) is 5.41 Å². The summed E-state index contributed by atoms with van der Waals surface area (Å²) in [5, 5.41) is 11.9. The van der Waals surface area contributed by atoms with E-state index < -0.39 is 6.10 Å². The molecule has 0 aliphatic carbocycles. The summed E-state index contributed by atoms with van der Waals surface area (Å²) in [4.78, 5) is 4.13. The van der Waals surface area contributed by atoms with Crippen molar-refractivity contribution >= 4 is 29.3 Å². The molecule has 2 nitrogen and oxygen atoms in total. The number of rotatable bonds is 4. The van der Waals surface area contributed by atoms with Crippen LogP contribution in [0.3, 0.4) is 0 Å². The number of aliphatic hydroxyl groups excluding tert-OH is 1. The highest BCUT2D eigenvalue weighted by molar-refractivity contribution is 6.35. The molecular formula is C19H21Cl2NO. The van der Waals surface area contributed by atoms with E-state index in [4.69, 9.17) is 23.2 Å². The van der Waals surface area contributed by atoms with Gasteiger partial charge in [0, 0.05) is 28.0 Å². The average molecular weight is 350 g/mol. The van der Waals surface area contributed by atoms with Crippen molar-refractivity contribution in [1.82, 2.24) is 4.98 Å². The molecule has 2 aromatic rings. The maximum Gasteiger partial charge on any atom is 0.102 e. The van der Waals surface area contributed by atoms with Gasteiger partial charge in [0.1, 0.15) is 6.10 Å². The fraction of sp³-hybridized carbons (Fsp3) is 0.316. The van der Waals surface area contributed by atoms with Gasteiger partial charge < -0.3 is 5.11 Å². The zero-order chi connectivity index (χ0) is 17.0. The molecule has 1 heterocycles. The van der Waals surface area contributed by atoms with Crippen molar-refractivity contribution < 1.29 is 5.11 Å². The maximum atomic E-state index is 10.9. The fourth-order valence-electron chi connectivity index (χ4n) is 2.44. The number of halogens is 2. The zero-order valence-corrected chi connectivity index (χ0v) is 15.1. The molecule has 0 saturated heterocycles. The number of hydrogen-bond donors (Lipinski definition) is 1. The first-order valence-corrected chi connectivity index (χ1v) is 8.25. The Morgan fingerprint density at radius 2 is 2.00 bits per heavy atom. The lowest BCUT2D eigenvalue weighted by atomic mass is 9.83. The van der Waals surface area contributed by atoms with Crippen molar-refractivity contribution in [3.8, 4) is 0 Å². The minimum atomic E-state index is -0.779. The quantitative estimate of drug-likeness (QED) is 0.740. The molecule has 0 radical (unpaired) electrons. The van der Waals surface area contributed by atoms with Gasteiger partial charge in [0.15, 0.2) is 0 Å². The molecule has 1 N–H and O–H groups in total. The molecule has 0 bridgehead atoms. The second-order valence-electron chi connectivity index (χ2n) is 6.81. The number of aliphatic hydroxyl groups is 1. The maximum absolute atomic E-state index is 10.9. The number of nitrogens with zero attached hydrogens (tertiary/aromatic N) is 1. The average Bonchev–Trinajstić information content (AvgIpc) is 2.45. The van der Waals surface area contributed by atoms with Gasteiger partial charge in [-0.1, -0.05) is 62.2 Å². The third-order valence-corrected chi connectivity index (χ3v) is 3.94. The van der Waals surface area contributed by atoms with E-state index in [0.29, 0.717) is 15.6 Å². The lowest BCUT2D eigenvalue weighted by Crippen LogP contribution is -2.12. The molecule has 2 rings (SSSR count). The molecule has 1 aromatic heterocycles. The zero-order valence-electron chi connectivity index (χ0n) is 13.6. The normalized spacial score (nSPS) is 13.9. The Morgan fingerprint density at radius 1 is 1.26 bits per heavy atom. The van der Waals surface area contributed by atoms with Crippen LogP contribution in [0.25, 0.3) is 6.08 Å². The van der Waals surface area contributed by atoms with Crippen LogP contribution >= 0.6 is 23.2 Å². The van der Waals surface area contributed by atoms with Crippen LogP contribution in [0, 0.1) is 5.41 Å². The first kappa shape index (κ1) is 18.0. The minimum absolute atomic E-state index is 0.0356. The SMILES string of the molecule is CC(C)(C)CC(=Cc1cccnc1)C(O)c1ccc(Cl)cc1Cl. The van der Waals surface area contributed by atoms with Crippen LogP contribution in [0.2, 0.25) is 10.0 Å². The second-order valence-corrected chi connectivity index (χ2v) is 7.66. The highest BCUT2D eigenvalue weighted by atomic mass is 35.5. The van der Waals surface area contributed by atoms with Gasteiger partial charge >= 0.3 is 0 Å². The highest BCUT2D eigenvalue weighted by Crippen LogP contribution is 2.36. The van der Waals surface area contributed by atoms with Gasteiger partial charge in [-0.3, -0.25) is 4.98 Å². The van der Waals surface area contributed by atoms with Crippen LogP contribution in [0.4, 0.5) is 0 Å². The molecule has 1 aromatic carbocycles. The molecule has 0 amide bonds. The molecule has 23 heavy (non-hydrogen) atoms. The molecular weight excluding hydrogens is 329 g/mol. The van der Waals surface area contributed by atoms with Crippen molar-refractivity contribution in [2.45, 2.75) is 33.3 Å². The number of pyridine rings is 1. The molecule has 1 atom stereocenters. The van der Waals surface area contributed by atoms with Gasteiger partial charge in [-0.05, 0) is 41.2 Å². The van der Waals surface area contributed by atoms with Gasteiger partial charge in [0.05, 0.1) is 0 Å². The second kappa shape index (κ2) is 7.48. The Hall–Kier alpha value is -1.35. The Balaban J connectivity index is 2.42. The molecule has 0 spiro atoms. The van der Waals surface area contributed by atoms with E-state index in [1.54, 1.807) is 30.6 Å². The van der Waals surface area contributed by atoms with Gasteiger partial charge in [0.2, 0.25) is 0 Å². The summed E-state index contributed by atoms with van der Waals surface area (Å²) in [5.74, 6) is 0. The molecule has 1 unspecified atom stereocenters. The predicted molar refractivity (Wildman–Crippen MR) is 97.7 cm³/mol. The van der Waals surface area contributed by atoms with Gasteiger partial charge in [0.25, 0.3) is 0 Å². The summed E-state index contributed by atoms with van der Waals surface area (Å²) >= 11 is 12.2. The van der Waals surface area contributed by atoms with Crippen molar-refractivity contribution in [3.63, 3.8) is 0 Å². The smallest absolute Gasteiger partial charge is 0.102 e.